The second-order valence-corrected chi connectivity index (χ2v) is 9.70. The first-order valence-corrected chi connectivity index (χ1v) is 12.2. The van der Waals surface area contributed by atoms with Crippen molar-refractivity contribution in [2.24, 2.45) is 5.92 Å². The van der Waals surface area contributed by atoms with Gasteiger partial charge in [-0.3, -0.25) is 14.4 Å². The number of likely N-dealkylation sites (tertiary alicyclic amines) is 1. The number of ether oxygens (including phenoxy) is 1. The summed E-state index contributed by atoms with van der Waals surface area (Å²) in [5, 5.41) is 2.95. The third-order valence-corrected chi connectivity index (χ3v) is 7.02. The Labute approximate surface area is 222 Å². The fraction of sp³-hybridized carbons (Fsp3) is 0.640. The minimum atomic E-state index is -0.661. The normalized spacial score (nSPS) is 22.9. The monoisotopic (exact) mass is 524 g/mol. The van der Waals surface area contributed by atoms with Gasteiger partial charge < -0.3 is 24.8 Å². The van der Waals surface area contributed by atoms with E-state index in [9.17, 15) is 14.4 Å². The first-order valence-electron chi connectivity index (χ1n) is 12.2. The Bertz CT molecular complexity index is 875. The third kappa shape index (κ3) is 6.72. The Morgan fingerprint density at radius 3 is 2.31 bits per heavy atom. The third-order valence-electron chi connectivity index (χ3n) is 7.02. The second kappa shape index (κ2) is 13.0. The maximum atomic E-state index is 13.3. The molecule has 10 heteroatoms. The van der Waals surface area contributed by atoms with Crippen molar-refractivity contribution in [1.82, 2.24) is 15.1 Å². The standard InChI is InChI=1S/C25H36N4O4.2H2S/c1-4-27-11-13-28(14-12-27)19-7-5-18(6-8-19)24(31)26-20(15-17(2)3)25(32)29-10-9-22-23(29)21(30)16-33-22;;/h5-8,17,20,22-23H,4,9-16H2,1-3H3,(H,26,31);2*1H2/t20-,22+,23+;;/m0../s1. The smallest absolute Gasteiger partial charge is 0.251 e. The van der Waals surface area contributed by atoms with Crippen molar-refractivity contribution in [2.45, 2.75) is 51.8 Å². The number of fused-ring (bicyclic) bond motifs is 1. The van der Waals surface area contributed by atoms with Crippen LogP contribution in [0.25, 0.3) is 0 Å². The van der Waals surface area contributed by atoms with Crippen molar-refractivity contribution in [3.05, 3.63) is 29.8 Å². The first kappa shape index (κ1) is 29.5. The van der Waals surface area contributed by atoms with Crippen LogP contribution >= 0.6 is 27.0 Å². The van der Waals surface area contributed by atoms with Crippen LogP contribution in [0, 0.1) is 5.92 Å². The summed E-state index contributed by atoms with van der Waals surface area (Å²) in [5.74, 6) is -0.275. The summed E-state index contributed by atoms with van der Waals surface area (Å²) in [6.07, 6.45) is 0.981. The van der Waals surface area contributed by atoms with E-state index in [1.54, 1.807) is 4.90 Å². The van der Waals surface area contributed by atoms with Crippen LogP contribution in [-0.4, -0.2) is 91.5 Å². The Kier molecular flexibility index (Phi) is 10.9. The predicted molar refractivity (Wildman–Crippen MR) is 147 cm³/mol. The van der Waals surface area contributed by atoms with E-state index in [4.69, 9.17) is 4.74 Å². The zero-order valence-electron chi connectivity index (χ0n) is 21.0. The fourth-order valence-electron chi connectivity index (χ4n) is 5.12. The molecule has 0 unspecified atom stereocenters. The number of Topliss-reactive ketones (excluding diaryl/α,β-unsaturated/α-hetero) is 1. The molecule has 1 aromatic rings. The highest BCUT2D eigenvalue weighted by molar-refractivity contribution is 7.59. The average molecular weight is 525 g/mol. The number of benzene rings is 1. The highest BCUT2D eigenvalue weighted by Crippen LogP contribution is 2.28. The van der Waals surface area contributed by atoms with Crippen LogP contribution in [0.15, 0.2) is 24.3 Å². The molecule has 3 heterocycles. The molecule has 196 valence electrons. The fourth-order valence-corrected chi connectivity index (χ4v) is 5.12. The van der Waals surface area contributed by atoms with Gasteiger partial charge in [-0.05, 0) is 49.6 Å². The van der Waals surface area contributed by atoms with Crippen molar-refractivity contribution < 1.29 is 19.1 Å². The SMILES string of the molecule is CCN1CCN(c2ccc(C(=O)N[C@@H](CC(C)C)C(=O)N3CC[C@H]4OCC(=O)[C@H]43)cc2)CC1.S.S. The molecule has 3 fully saturated rings. The Hall–Kier alpha value is -1.75. The molecule has 1 aromatic carbocycles. The highest BCUT2D eigenvalue weighted by atomic mass is 32.1. The van der Waals surface area contributed by atoms with Crippen LogP contribution in [0.5, 0.6) is 0 Å². The van der Waals surface area contributed by atoms with E-state index < -0.39 is 12.1 Å². The van der Waals surface area contributed by atoms with E-state index in [0.29, 0.717) is 24.9 Å². The van der Waals surface area contributed by atoms with Gasteiger partial charge in [-0.2, -0.15) is 27.0 Å². The zero-order valence-corrected chi connectivity index (χ0v) is 23.0. The lowest BCUT2D eigenvalue weighted by Crippen LogP contribution is -2.52. The van der Waals surface area contributed by atoms with E-state index >= 15 is 0 Å². The summed E-state index contributed by atoms with van der Waals surface area (Å²) in [6, 6.07) is 6.45. The van der Waals surface area contributed by atoms with Crippen LogP contribution in [0.4, 0.5) is 5.69 Å². The van der Waals surface area contributed by atoms with E-state index in [1.807, 2.05) is 38.1 Å². The molecule has 4 rings (SSSR count). The average Bonchev–Trinajstić information content (AvgIpc) is 3.41. The summed E-state index contributed by atoms with van der Waals surface area (Å²) in [6.45, 7) is 11.9. The molecule has 3 aliphatic heterocycles. The van der Waals surface area contributed by atoms with Crippen LogP contribution < -0.4 is 10.2 Å². The molecular weight excluding hydrogens is 484 g/mol. The molecular formula is C25H40N4O4S2. The number of carbonyl (C=O) groups excluding carboxylic acids is 3. The van der Waals surface area contributed by atoms with Crippen molar-refractivity contribution in [3.63, 3.8) is 0 Å². The first-order chi connectivity index (χ1) is 15.9. The predicted octanol–water partition coefficient (Wildman–Crippen LogP) is 1.77. The molecule has 1 N–H and O–H groups in total. The molecule has 0 radical (unpaired) electrons. The number of rotatable bonds is 7. The van der Waals surface area contributed by atoms with E-state index in [1.165, 1.54) is 0 Å². The molecule has 3 atom stereocenters. The topological polar surface area (TPSA) is 82.2 Å². The Morgan fingerprint density at radius 1 is 1.06 bits per heavy atom. The number of hydrogen-bond acceptors (Lipinski definition) is 6. The molecule has 0 saturated carbocycles. The summed E-state index contributed by atoms with van der Waals surface area (Å²) < 4.78 is 5.52. The van der Waals surface area contributed by atoms with Crippen LogP contribution in [0.1, 0.15) is 44.0 Å². The van der Waals surface area contributed by atoms with Crippen molar-refractivity contribution in [2.75, 3.05) is 50.8 Å². The molecule has 0 bridgehead atoms. The Balaban J connectivity index is 0.00000216. The largest absolute Gasteiger partial charge is 0.369 e. The van der Waals surface area contributed by atoms with Gasteiger partial charge in [0.25, 0.3) is 5.91 Å². The lowest BCUT2D eigenvalue weighted by atomic mass is 10.0. The number of nitrogens with one attached hydrogen (secondary N) is 1. The zero-order chi connectivity index (χ0) is 23.5. The number of piperazine rings is 1. The highest BCUT2D eigenvalue weighted by Gasteiger charge is 2.48. The molecule has 0 spiro atoms. The molecule has 0 aromatic heterocycles. The van der Waals surface area contributed by atoms with Gasteiger partial charge in [-0.15, -0.1) is 0 Å². The number of carbonyl (C=O) groups is 3. The summed E-state index contributed by atoms with van der Waals surface area (Å²) in [4.78, 5) is 45.0. The molecule has 3 saturated heterocycles. The quantitative estimate of drug-likeness (QED) is 0.586. The summed E-state index contributed by atoms with van der Waals surface area (Å²) in [7, 11) is 0. The number of anilines is 1. The van der Waals surface area contributed by atoms with Gasteiger partial charge in [-0.1, -0.05) is 20.8 Å². The van der Waals surface area contributed by atoms with E-state index in [0.717, 1.165) is 38.4 Å². The number of likely N-dealkylation sites (N-methyl/N-ethyl adjacent to an activating group) is 1. The van der Waals surface area contributed by atoms with Gasteiger partial charge in [-0.25, -0.2) is 0 Å². The molecule has 35 heavy (non-hydrogen) atoms. The van der Waals surface area contributed by atoms with Gasteiger partial charge in [0.15, 0.2) is 5.78 Å². The number of hydrogen-bond donors (Lipinski definition) is 1. The van der Waals surface area contributed by atoms with Gasteiger partial charge in [0.2, 0.25) is 5.91 Å². The maximum absolute atomic E-state index is 13.3. The van der Waals surface area contributed by atoms with E-state index in [-0.39, 0.29) is 63.2 Å². The van der Waals surface area contributed by atoms with Crippen molar-refractivity contribution in [3.8, 4) is 0 Å². The number of nitrogens with zero attached hydrogens (tertiary/aromatic N) is 3. The van der Waals surface area contributed by atoms with E-state index in [2.05, 4.69) is 22.0 Å². The van der Waals surface area contributed by atoms with Crippen molar-refractivity contribution >= 4 is 50.3 Å². The van der Waals surface area contributed by atoms with Gasteiger partial charge in [0.05, 0.1) is 6.10 Å². The molecule has 2 amide bonds. The summed E-state index contributed by atoms with van der Waals surface area (Å²) in [5.41, 5.74) is 1.65. The van der Waals surface area contributed by atoms with Gasteiger partial charge in [0.1, 0.15) is 18.7 Å². The Morgan fingerprint density at radius 2 is 1.71 bits per heavy atom. The second-order valence-electron chi connectivity index (χ2n) is 9.70. The minimum Gasteiger partial charge on any atom is -0.369 e. The summed E-state index contributed by atoms with van der Waals surface area (Å²) >= 11 is 0. The molecule has 0 aliphatic carbocycles. The van der Waals surface area contributed by atoms with Crippen molar-refractivity contribution in [1.29, 1.82) is 0 Å². The van der Waals surface area contributed by atoms with Crippen LogP contribution in [-0.2, 0) is 14.3 Å². The number of amides is 2. The maximum Gasteiger partial charge on any atom is 0.251 e. The van der Waals surface area contributed by atoms with Gasteiger partial charge >= 0.3 is 0 Å². The van der Waals surface area contributed by atoms with Crippen LogP contribution in [0.2, 0.25) is 0 Å². The lowest BCUT2D eigenvalue weighted by Gasteiger charge is -2.35. The lowest BCUT2D eigenvalue weighted by molar-refractivity contribution is -0.138. The van der Waals surface area contributed by atoms with Gasteiger partial charge in [0, 0.05) is 44.0 Å². The minimum absolute atomic E-state index is 0. The van der Waals surface area contributed by atoms with Crippen LogP contribution in [0.3, 0.4) is 0 Å². The molecule has 8 nitrogen and oxygen atoms in total. The molecule has 3 aliphatic rings. The number of ketones is 1.